The van der Waals surface area contributed by atoms with Gasteiger partial charge in [-0.3, -0.25) is 4.79 Å². The monoisotopic (exact) mass is 262 g/mol. The standard InChI is InChI=1S/C13H18N4O2/c1-19-11-4-3-10(14)13(15-11)16-6-7-17-9(8-16)2-5-12(17)18/h3-4,9H,2,5-8,14H2,1H3. The molecule has 2 fully saturated rings. The topological polar surface area (TPSA) is 71.7 Å². The molecule has 2 saturated heterocycles. The van der Waals surface area contributed by atoms with Crippen LogP contribution in [0.1, 0.15) is 12.8 Å². The van der Waals surface area contributed by atoms with Crippen LogP contribution in [0.3, 0.4) is 0 Å². The van der Waals surface area contributed by atoms with E-state index in [-0.39, 0.29) is 5.91 Å². The van der Waals surface area contributed by atoms with Gasteiger partial charge in [0.15, 0.2) is 5.82 Å². The first-order valence-electron chi connectivity index (χ1n) is 6.54. The molecule has 0 aromatic carbocycles. The number of fused-ring (bicyclic) bond motifs is 1. The molecule has 0 saturated carbocycles. The molecule has 0 spiro atoms. The summed E-state index contributed by atoms with van der Waals surface area (Å²) in [5, 5.41) is 0. The molecule has 0 bridgehead atoms. The van der Waals surface area contributed by atoms with E-state index in [1.54, 1.807) is 13.2 Å². The number of methoxy groups -OCH3 is 1. The average molecular weight is 262 g/mol. The Labute approximate surface area is 112 Å². The van der Waals surface area contributed by atoms with E-state index in [2.05, 4.69) is 9.88 Å². The minimum absolute atomic E-state index is 0.274. The normalized spacial score (nSPS) is 22.6. The van der Waals surface area contributed by atoms with Gasteiger partial charge in [-0.1, -0.05) is 0 Å². The van der Waals surface area contributed by atoms with Crippen LogP contribution in [0.4, 0.5) is 11.5 Å². The number of aromatic nitrogens is 1. The lowest BCUT2D eigenvalue weighted by Gasteiger charge is -2.38. The second-order valence-corrected chi connectivity index (χ2v) is 4.99. The molecule has 19 heavy (non-hydrogen) atoms. The van der Waals surface area contributed by atoms with Crippen LogP contribution in [-0.2, 0) is 4.79 Å². The van der Waals surface area contributed by atoms with Crippen LogP contribution in [0.2, 0.25) is 0 Å². The van der Waals surface area contributed by atoms with Crippen molar-refractivity contribution in [1.82, 2.24) is 9.88 Å². The van der Waals surface area contributed by atoms with Gasteiger partial charge in [0.25, 0.3) is 0 Å². The van der Waals surface area contributed by atoms with Crippen molar-refractivity contribution in [3.05, 3.63) is 12.1 Å². The Balaban J connectivity index is 1.82. The fourth-order valence-corrected chi connectivity index (χ4v) is 2.87. The summed E-state index contributed by atoms with van der Waals surface area (Å²) in [5.41, 5.74) is 6.65. The Morgan fingerprint density at radius 3 is 3.05 bits per heavy atom. The van der Waals surface area contributed by atoms with Gasteiger partial charge in [0.2, 0.25) is 11.8 Å². The Bertz CT molecular complexity index is 505. The van der Waals surface area contributed by atoms with Crippen LogP contribution in [0, 0.1) is 0 Å². The fraction of sp³-hybridized carbons (Fsp3) is 0.538. The molecule has 6 heteroatoms. The van der Waals surface area contributed by atoms with Gasteiger partial charge in [0.05, 0.1) is 12.8 Å². The summed E-state index contributed by atoms with van der Waals surface area (Å²) in [7, 11) is 1.59. The van der Waals surface area contributed by atoms with E-state index >= 15 is 0 Å². The van der Waals surface area contributed by atoms with Gasteiger partial charge in [0, 0.05) is 38.2 Å². The summed E-state index contributed by atoms with van der Waals surface area (Å²) < 4.78 is 5.15. The highest BCUT2D eigenvalue weighted by atomic mass is 16.5. The van der Waals surface area contributed by atoms with E-state index in [0.29, 0.717) is 24.0 Å². The fourth-order valence-electron chi connectivity index (χ4n) is 2.87. The Kier molecular flexibility index (Phi) is 2.93. The molecule has 1 unspecified atom stereocenters. The van der Waals surface area contributed by atoms with E-state index in [0.717, 1.165) is 31.9 Å². The van der Waals surface area contributed by atoms with Crippen molar-refractivity contribution in [1.29, 1.82) is 0 Å². The van der Waals surface area contributed by atoms with Crippen LogP contribution < -0.4 is 15.4 Å². The van der Waals surface area contributed by atoms with Gasteiger partial charge in [-0.2, -0.15) is 4.98 Å². The van der Waals surface area contributed by atoms with Crippen LogP contribution in [0.25, 0.3) is 0 Å². The number of piperazine rings is 1. The van der Waals surface area contributed by atoms with Crippen LogP contribution in [0.5, 0.6) is 5.88 Å². The highest BCUT2D eigenvalue weighted by Gasteiger charge is 2.36. The van der Waals surface area contributed by atoms with Crippen LogP contribution in [-0.4, -0.2) is 48.6 Å². The van der Waals surface area contributed by atoms with E-state index in [4.69, 9.17) is 10.5 Å². The van der Waals surface area contributed by atoms with Gasteiger partial charge in [-0.25, -0.2) is 0 Å². The van der Waals surface area contributed by atoms with Crippen LogP contribution >= 0.6 is 0 Å². The number of hydrogen-bond acceptors (Lipinski definition) is 5. The highest BCUT2D eigenvalue weighted by molar-refractivity contribution is 5.79. The number of hydrogen-bond donors (Lipinski definition) is 1. The summed E-state index contributed by atoms with van der Waals surface area (Å²) in [6.45, 7) is 2.32. The van der Waals surface area contributed by atoms with Crippen molar-refractivity contribution in [3.8, 4) is 5.88 Å². The maximum absolute atomic E-state index is 11.7. The first kappa shape index (κ1) is 12.1. The molecule has 0 radical (unpaired) electrons. The van der Waals surface area contributed by atoms with Crippen LogP contribution in [0.15, 0.2) is 12.1 Å². The van der Waals surface area contributed by atoms with Crippen molar-refractivity contribution < 1.29 is 9.53 Å². The van der Waals surface area contributed by atoms with Gasteiger partial charge in [-0.15, -0.1) is 0 Å². The number of nitrogen functional groups attached to an aromatic ring is 1. The zero-order valence-electron chi connectivity index (χ0n) is 11.0. The minimum Gasteiger partial charge on any atom is -0.481 e. The number of pyridine rings is 1. The molecule has 1 amide bonds. The maximum atomic E-state index is 11.7. The van der Waals surface area contributed by atoms with Gasteiger partial charge < -0.3 is 20.3 Å². The van der Waals surface area contributed by atoms with Crippen molar-refractivity contribution in [2.45, 2.75) is 18.9 Å². The van der Waals surface area contributed by atoms with Gasteiger partial charge >= 0.3 is 0 Å². The zero-order valence-corrected chi connectivity index (χ0v) is 11.0. The number of amides is 1. The lowest BCUT2D eigenvalue weighted by Crippen LogP contribution is -2.51. The third-order valence-corrected chi connectivity index (χ3v) is 3.88. The summed E-state index contributed by atoms with van der Waals surface area (Å²) in [6.07, 6.45) is 1.60. The third kappa shape index (κ3) is 2.07. The Morgan fingerprint density at radius 1 is 1.42 bits per heavy atom. The largest absolute Gasteiger partial charge is 0.481 e. The number of carbonyl (C=O) groups is 1. The third-order valence-electron chi connectivity index (χ3n) is 3.88. The van der Waals surface area contributed by atoms with Crippen molar-refractivity contribution in [2.24, 2.45) is 0 Å². The van der Waals surface area contributed by atoms with Crippen molar-refractivity contribution in [2.75, 3.05) is 37.4 Å². The summed E-state index contributed by atoms with van der Waals surface area (Å²) in [6, 6.07) is 3.87. The smallest absolute Gasteiger partial charge is 0.223 e. The molecular formula is C13H18N4O2. The molecular weight excluding hydrogens is 244 g/mol. The van der Waals surface area contributed by atoms with Gasteiger partial charge in [0.1, 0.15) is 0 Å². The van der Waals surface area contributed by atoms with E-state index in [1.807, 2.05) is 11.0 Å². The molecule has 3 heterocycles. The molecule has 3 rings (SSSR count). The summed E-state index contributed by atoms with van der Waals surface area (Å²) in [4.78, 5) is 20.2. The lowest BCUT2D eigenvalue weighted by molar-refractivity contribution is -0.129. The molecule has 1 aromatic heterocycles. The SMILES string of the molecule is COc1ccc(N)c(N2CCN3C(=O)CCC3C2)n1. The lowest BCUT2D eigenvalue weighted by atomic mass is 10.1. The number of nitrogens with two attached hydrogens (primary N) is 1. The van der Waals surface area contributed by atoms with Crippen molar-refractivity contribution in [3.63, 3.8) is 0 Å². The number of carbonyl (C=O) groups excluding carboxylic acids is 1. The Morgan fingerprint density at radius 2 is 2.26 bits per heavy atom. The van der Waals surface area contributed by atoms with E-state index in [9.17, 15) is 4.79 Å². The predicted molar refractivity (Wildman–Crippen MR) is 72.1 cm³/mol. The molecule has 2 aliphatic rings. The van der Waals surface area contributed by atoms with Crippen molar-refractivity contribution >= 4 is 17.4 Å². The van der Waals surface area contributed by atoms with E-state index < -0.39 is 0 Å². The number of anilines is 2. The molecule has 0 aliphatic carbocycles. The number of ether oxygens (including phenoxy) is 1. The Hall–Kier alpha value is -1.98. The van der Waals surface area contributed by atoms with Gasteiger partial charge in [-0.05, 0) is 12.5 Å². The second kappa shape index (κ2) is 4.60. The average Bonchev–Trinajstić information content (AvgIpc) is 2.80. The zero-order chi connectivity index (χ0) is 13.4. The summed E-state index contributed by atoms with van der Waals surface area (Å²) in [5.74, 6) is 1.60. The number of rotatable bonds is 2. The molecule has 102 valence electrons. The molecule has 1 aromatic rings. The molecule has 2 N–H and O–H groups in total. The second-order valence-electron chi connectivity index (χ2n) is 4.99. The molecule has 2 aliphatic heterocycles. The maximum Gasteiger partial charge on any atom is 0.223 e. The molecule has 6 nitrogen and oxygen atoms in total. The summed E-state index contributed by atoms with van der Waals surface area (Å²) >= 11 is 0. The first-order chi connectivity index (χ1) is 9.19. The first-order valence-corrected chi connectivity index (χ1v) is 6.54. The number of nitrogens with zero attached hydrogens (tertiary/aromatic N) is 3. The predicted octanol–water partition coefficient (Wildman–Crippen LogP) is 0.483. The highest BCUT2D eigenvalue weighted by Crippen LogP contribution is 2.29. The minimum atomic E-state index is 0.274. The quantitative estimate of drug-likeness (QED) is 0.839. The molecule has 1 atom stereocenters. The van der Waals surface area contributed by atoms with E-state index in [1.165, 1.54) is 0 Å².